The molecule has 4 rings (SSSR count). The fourth-order valence-corrected chi connectivity index (χ4v) is 4.16. The minimum absolute atomic E-state index is 0.00875. The fraction of sp³-hybridized carbons (Fsp3) is 0.276. The number of aliphatic carboxylic acids is 2. The molecule has 0 radical (unpaired) electrons. The standard InChI is InChI=1S/C25H26FN5O4.C4H4O4/c26-21-6-1-20(2-7-21)17-30-15-12-19(13-16-30)11-14-27-25(32)24-28-23(35-29-24)10-5-18-3-8-22(9-4-18)31(33)34;5-3(6)1-2-4(7)8/h1-10,19H,11-17H2,(H,27,32);1-2H,(H,5,6)(H,7,8). The molecule has 1 aromatic heterocycles. The number of rotatable bonds is 11. The molecule has 1 aliphatic rings. The summed E-state index contributed by atoms with van der Waals surface area (Å²) in [6.07, 6.45) is 7.31. The Morgan fingerprint density at radius 3 is 2.23 bits per heavy atom. The van der Waals surface area contributed by atoms with E-state index < -0.39 is 22.8 Å². The summed E-state index contributed by atoms with van der Waals surface area (Å²) in [4.78, 5) is 48.1. The molecule has 1 saturated heterocycles. The van der Waals surface area contributed by atoms with Crippen LogP contribution in [0.1, 0.15) is 46.9 Å². The number of carbonyl (C=O) groups excluding carboxylic acids is 1. The van der Waals surface area contributed by atoms with Crippen LogP contribution in [0.3, 0.4) is 0 Å². The van der Waals surface area contributed by atoms with Gasteiger partial charge in [0.1, 0.15) is 5.82 Å². The highest BCUT2D eigenvalue weighted by Crippen LogP contribution is 2.21. The first kappa shape index (κ1) is 32.3. The number of amides is 1. The van der Waals surface area contributed by atoms with Crippen molar-refractivity contribution in [3.05, 3.63) is 99.5 Å². The van der Waals surface area contributed by atoms with Crippen molar-refractivity contribution in [1.29, 1.82) is 0 Å². The third-order valence-electron chi connectivity index (χ3n) is 6.40. The van der Waals surface area contributed by atoms with Gasteiger partial charge in [0.05, 0.1) is 4.92 Å². The number of hydrogen-bond donors (Lipinski definition) is 3. The Morgan fingerprint density at radius 2 is 1.65 bits per heavy atom. The van der Waals surface area contributed by atoms with E-state index in [1.165, 1.54) is 24.3 Å². The average Bonchev–Trinajstić information content (AvgIpc) is 3.47. The molecule has 1 amide bonds. The number of nitro groups is 1. The molecule has 3 aromatic rings. The number of carbonyl (C=O) groups is 3. The van der Waals surface area contributed by atoms with E-state index in [0.717, 1.165) is 50.0 Å². The molecule has 0 atom stereocenters. The predicted octanol–water partition coefficient (Wildman–Crippen LogP) is 4.03. The number of piperidine rings is 1. The fourth-order valence-electron chi connectivity index (χ4n) is 4.16. The van der Waals surface area contributed by atoms with Crippen LogP contribution in [0.25, 0.3) is 12.2 Å². The van der Waals surface area contributed by atoms with E-state index in [2.05, 4.69) is 20.4 Å². The van der Waals surface area contributed by atoms with Crippen molar-refractivity contribution in [3.63, 3.8) is 0 Å². The summed E-state index contributed by atoms with van der Waals surface area (Å²) in [7, 11) is 0. The van der Waals surface area contributed by atoms with E-state index in [1.807, 2.05) is 12.1 Å². The van der Waals surface area contributed by atoms with Crippen LogP contribution in [-0.4, -0.2) is 67.7 Å². The molecule has 0 spiro atoms. The second kappa shape index (κ2) is 16.3. The zero-order chi connectivity index (χ0) is 31.2. The topological polar surface area (TPSA) is 189 Å². The highest BCUT2D eigenvalue weighted by molar-refractivity contribution is 5.90. The molecule has 226 valence electrons. The summed E-state index contributed by atoms with van der Waals surface area (Å²) in [5, 5.41) is 32.9. The maximum atomic E-state index is 13.1. The zero-order valence-corrected chi connectivity index (χ0v) is 23.0. The number of likely N-dealkylation sites (tertiary alicyclic amines) is 1. The minimum Gasteiger partial charge on any atom is -0.478 e. The minimum atomic E-state index is -1.26. The number of halogens is 1. The quantitative estimate of drug-likeness (QED) is 0.165. The molecule has 0 saturated carbocycles. The van der Waals surface area contributed by atoms with Crippen LogP contribution in [0.5, 0.6) is 0 Å². The number of hydrogen-bond acceptors (Lipinski definition) is 9. The molecule has 13 nitrogen and oxygen atoms in total. The molecule has 14 heteroatoms. The second-order valence-corrected chi connectivity index (χ2v) is 9.54. The van der Waals surface area contributed by atoms with Gasteiger partial charge in [0.15, 0.2) is 0 Å². The van der Waals surface area contributed by atoms with Crippen molar-refractivity contribution in [2.24, 2.45) is 5.92 Å². The molecular weight excluding hydrogens is 565 g/mol. The van der Waals surface area contributed by atoms with E-state index in [9.17, 15) is 28.9 Å². The van der Waals surface area contributed by atoms with E-state index in [1.54, 1.807) is 24.3 Å². The lowest BCUT2D eigenvalue weighted by atomic mass is 9.93. The van der Waals surface area contributed by atoms with Gasteiger partial charge in [-0.15, -0.1) is 0 Å². The smallest absolute Gasteiger partial charge is 0.328 e. The van der Waals surface area contributed by atoms with Crippen molar-refractivity contribution < 1.29 is 38.4 Å². The number of aromatic nitrogens is 2. The first-order chi connectivity index (χ1) is 20.6. The van der Waals surface area contributed by atoms with E-state index in [0.29, 0.717) is 24.6 Å². The Hall–Kier alpha value is -5.24. The number of non-ortho nitro benzene ring substituents is 1. The van der Waals surface area contributed by atoms with Crippen LogP contribution in [-0.2, 0) is 16.1 Å². The van der Waals surface area contributed by atoms with Gasteiger partial charge in [-0.2, -0.15) is 4.98 Å². The van der Waals surface area contributed by atoms with Gasteiger partial charge in [0.25, 0.3) is 23.3 Å². The van der Waals surface area contributed by atoms with E-state index >= 15 is 0 Å². The van der Waals surface area contributed by atoms with Gasteiger partial charge < -0.3 is 20.1 Å². The number of nitrogens with one attached hydrogen (secondary N) is 1. The number of carboxylic acids is 2. The maximum absolute atomic E-state index is 13.1. The molecule has 0 bridgehead atoms. The monoisotopic (exact) mass is 595 g/mol. The van der Waals surface area contributed by atoms with Crippen LogP contribution >= 0.6 is 0 Å². The lowest BCUT2D eigenvalue weighted by Gasteiger charge is -2.32. The van der Waals surface area contributed by atoms with Crippen LogP contribution in [0.15, 0.2) is 65.2 Å². The first-order valence-corrected chi connectivity index (χ1v) is 13.2. The van der Waals surface area contributed by atoms with Gasteiger partial charge in [0.2, 0.25) is 0 Å². The lowest BCUT2D eigenvalue weighted by molar-refractivity contribution is -0.384. The Kier molecular flexibility index (Phi) is 12.2. The Morgan fingerprint density at radius 1 is 1.02 bits per heavy atom. The Labute approximate surface area is 245 Å². The third kappa shape index (κ3) is 11.6. The van der Waals surface area contributed by atoms with Crippen LogP contribution < -0.4 is 5.32 Å². The maximum Gasteiger partial charge on any atom is 0.328 e. The molecular formula is C29H30FN5O8. The molecule has 1 fully saturated rings. The third-order valence-corrected chi connectivity index (χ3v) is 6.40. The second-order valence-electron chi connectivity index (χ2n) is 9.54. The van der Waals surface area contributed by atoms with Gasteiger partial charge >= 0.3 is 11.9 Å². The van der Waals surface area contributed by atoms with Crippen molar-refractivity contribution in [2.45, 2.75) is 25.8 Å². The van der Waals surface area contributed by atoms with Gasteiger partial charge in [-0.1, -0.05) is 17.3 Å². The summed E-state index contributed by atoms with van der Waals surface area (Å²) in [6.45, 7) is 3.31. The van der Waals surface area contributed by atoms with Crippen molar-refractivity contribution in [2.75, 3.05) is 19.6 Å². The zero-order valence-electron chi connectivity index (χ0n) is 23.0. The average molecular weight is 596 g/mol. The number of nitro benzene ring substituents is 1. The Balaban J connectivity index is 0.000000557. The summed E-state index contributed by atoms with van der Waals surface area (Å²) in [6, 6.07) is 12.7. The van der Waals surface area contributed by atoms with Crippen molar-refractivity contribution >= 4 is 35.7 Å². The van der Waals surface area contributed by atoms with Gasteiger partial charge in [-0.05, 0) is 79.7 Å². The number of nitrogens with zero attached hydrogens (tertiary/aromatic N) is 4. The van der Waals surface area contributed by atoms with Gasteiger partial charge in [-0.25, -0.2) is 14.0 Å². The van der Waals surface area contributed by atoms with Gasteiger partial charge in [-0.3, -0.25) is 19.8 Å². The Bertz CT molecular complexity index is 1430. The first-order valence-electron chi connectivity index (χ1n) is 13.2. The summed E-state index contributed by atoms with van der Waals surface area (Å²) in [5.41, 5.74) is 1.84. The normalized spacial score (nSPS) is 13.9. The molecule has 1 aliphatic heterocycles. The SMILES string of the molecule is O=C(NCCC1CCN(Cc2ccc(F)cc2)CC1)c1noc(C=Cc2ccc([N+](=O)[O-])cc2)n1.O=C(O)C=CC(=O)O. The molecule has 3 N–H and O–H groups in total. The number of benzene rings is 2. The molecule has 2 aromatic carbocycles. The highest BCUT2D eigenvalue weighted by atomic mass is 19.1. The molecule has 0 aliphatic carbocycles. The summed E-state index contributed by atoms with van der Waals surface area (Å²) >= 11 is 0. The van der Waals surface area contributed by atoms with Crippen molar-refractivity contribution in [3.8, 4) is 0 Å². The lowest BCUT2D eigenvalue weighted by Crippen LogP contribution is -2.35. The molecule has 2 heterocycles. The largest absolute Gasteiger partial charge is 0.478 e. The molecule has 43 heavy (non-hydrogen) atoms. The van der Waals surface area contributed by atoms with E-state index in [4.69, 9.17) is 14.7 Å². The predicted molar refractivity (Wildman–Crippen MR) is 152 cm³/mol. The summed E-state index contributed by atoms with van der Waals surface area (Å²) in [5.74, 6) is -2.46. The van der Waals surface area contributed by atoms with E-state index in [-0.39, 0.29) is 23.2 Å². The number of carboxylic acid groups (broad SMARTS) is 2. The van der Waals surface area contributed by atoms with Crippen molar-refractivity contribution in [1.82, 2.24) is 20.4 Å². The molecule has 0 unspecified atom stereocenters. The van der Waals surface area contributed by atoms with Gasteiger partial charge in [0, 0.05) is 43.5 Å². The van der Waals surface area contributed by atoms with Crippen LogP contribution in [0, 0.1) is 21.8 Å². The van der Waals surface area contributed by atoms with Crippen LogP contribution in [0.4, 0.5) is 10.1 Å². The summed E-state index contributed by atoms with van der Waals surface area (Å²) < 4.78 is 18.1. The van der Waals surface area contributed by atoms with Crippen LogP contribution in [0.2, 0.25) is 0 Å². The highest BCUT2D eigenvalue weighted by Gasteiger charge is 2.20.